The van der Waals surface area contributed by atoms with Crippen molar-refractivity contribution < 1.29 is 13.9 Å². The Bertz CT molecular complexity index is 895. The summed E-state index contributed by atoms with van der Waals surface area (Å²) in [7, 11) is 1.59. The number of halogens is 1. The third kappa shape index (κ3) is 4.83. The largest absolute Gasteiger partial charge is 0.497 e. The molecular formula is C19H18ClN3O3. The Balaban J connectivity index is 1.52. The fourth-order valence-electron chi connectivity index (χ4n) is 2.41. The van der Waals surface area contributed by atoms with Crippen LogP contribution in [0.4, 0.5) is 0 Å². The van der Waals surface area contributed by atoms with E-state index >= 15 is 0 Å². The minimum absolute atomic E-state index is 0.0916. The number of aryl methyl sites for hydroxylation is 1. The van der Waals surface area contributed by atoms with Gasteiger partial charge >= 0.3 is 0 Å². The molecule has 3 aromatic rings. The monoisotopic (exact) mass is 371 g/mol. The molecule has 1 N–H and O–H groups in total. The maximum atomic E-state index is 12.0. The van der Waals surface area contributed by atoms with E-state index in [1.807, 2.05) is 36.4 Å². The Morgan fingerprint density at radius 1 is 1.19 bits per heavy atom. The fraction of sp³-hybridized carbons (Fsp3) is 0.211. The number of carbonyl (C=O) groups is 1. The number of hydrogen-bond acceptors (Lipinski definition) is 5. The summed E-state index contributed by atoms with van der Waals surface area (Å²) < 4.78 is 10.8. The quantitative estimate of drug-likeness (QED) is 0.686. The molecule has 0 spiro atoms. The lowest BCUT2D eigenvalue weighted by atomic mass is 10.1. The van der Waals surface area contributed by atoms with Crippen LogP contribution in [0, 0.1) is 0 Å². The van der Waals surface area contributed by atoms with E-state index in [9.17, 15) is 4.79 Å². The van der Waals surface area contributed by atoms with Crippen LogP contribution < -0.4 is 10.1 Å². The topological polar surface area (TPSA) is 77.3 Å². The van der Waals surface area contributed by atoms with Crippen LogP contribution in [0.15, 0.2) is 52.9 Å². The highest BCUT2D eigenvalue weighted by atomic mass is 35.5. The zero-order valence-electron chi connectivity index (χ0n) is 14.2. The Kier molecular flexibility index (Phi) is 5.86. The second kappa shape index (κ2) is 8.49. The molecule has 0 bridgehead atoms. The van der Waals surface area contributed by atoms with Gasteiger partial charge < -0.3 is 14.5 Å². The molecule has 0 radical (unpaired) electrons. The number of rotatable bonds is 7. The third-order valence-corrected chi connectivity index (χ3v) is 3.99. The van der Waals surface area contributed by atoms with Gasteiger partial charge in [0.25, 0.3) is 0 Å². The van der Waals surface area contributed by atoms with E-state index in [0.717, 1.165) is 11.1 Å². The van der Waals surface area contributed by atoms with Gasteiger partial charge in [0.05, 0.1) is 13.7 Å². The summed E-state index contributed by atoms with van der Waals surface area (Å²) in [5.74, 6) is 1.34. The molecule has 2 aromatic carbocycles. The van der Waals surface area contributed by atoms with Crippen LogP contribution in [0.2, 0.25) is 5.02 Å². The van der Waals surface area contributed by atoms with E-state index in [4.69, 9.17) is 20.8 Å². The highest BCUT2D eigenvalue weighted by Gasteiger charge is 2.10. The molecule has 7 heteroatoms. The summed E-state index contributed by atoms with van der Waals surface area (Å²) in [6.07, 6.45) is 0.975. The SMILES string of the molecule is COc1cccc(-c2nnc(CNC(=O)CCc3cccc(Cl)c3)o2)c1. The molecule has 134 valence electrons. The molecule has 0 aliphatic heterocycles. The van der Waals surface area contributed by atoms with E-state index < -0.39 is 0 Å². The molecule has 0 fully saturated rings. The van der Waals surface area contributed by atoms with Crippen molar-refractivity contribution in [3.63, 3.8) is 0 Å². The van der Waals surface area contributed by atoms with Gasteiger partial charge in [0.1, 0.15) is 5.75 Å². The molecule has 0 aliphatic carbocycles. The molecule has 1 aromatic heterocycles. The second-order valence-electron chi connectivity index (χ2n) is 5.64. The number of ether oxygens (including phenoxy) is 1. The molecule has 1 amide bonds. The smallest absolute Gasteiger partial charge is 0.247 e. The molecule has 0 aliphatic rings. The first-order valence-corrected chi connectivity index (χ1v) is 8.50. The first kappa shape index (κ1) is 17.9. The number of hydrogen-bond donors (Lipinski definition) is 1. The van der Waals surface area contributed by atoms with Crippen molar-refractivity contribution in [3.05, 3.63) is 65.0 Å². The minimum Gasteiger partial charge on any atom is -0.497 e. The molecule has 6 nitrogen and oxygen atoms in total. The Hall–Kier alpha value is -2.86. The van der Waals surface area contributed by atoms with E-state index in [0.29, 0.717) is 35.4 Å². The highest BCUT2D eigenvalue weighted by molar-refractivity contribution is 6.30. The van der Waals surface area contributed by atoms with Crippen molar-refractivity contribution in [1.29, 1.82) is 0 Å². The second-order valence-corrected chi connectivity index (χ2v) is 6.08. The molecule has 1 heterocycles. The molecule has 26 heavy (non-hydrogen) atoms. The number of methoxy groups -OCH3 is 1. The summed E-state index contributed by atoms with van der Waals surface area (Å²) >= 11 is 5.94. The van der Waals surface area contributed by atoms with E-state index in [2.05, 4.69) is 15.5 Å². The van der Waals surface area contributed by atoms with Crippen LogP contribution in [0.1, 0.15) is 17.9 Å². The highest BCUT2D eigenvalue weighted by Crippen LogP contribution is 2.22. The van der Waals surface area contributed by atoms with Crippen molar-refractivity contribution in [2.75, 3.05) is 7.11 Å². The van der Waals surface area contributed by atoms with Crippen molar-refractivity contribution in [3.8, 4) is 17.2 Å². The summed E-state index contributed by atoms with van der Waals surface area (Å²) in [4.78, 5) is 12.0. The number of amides is 1. The van der Waals surface area contributed by atoms with E-state index in [-0.39, 0.29) is 12.5 Å². The predicted octanol–water partition coefficient (Wildman–Crippen LogP) is 3.65. The number of carbonyl (C=O) groups excluding carboxylic acids is 1. The van der Waals surface area contributed by atoms with Gasteiger partial charge in [-0.3, -0.25) is 4.79 Å². The van der Waals surface area contributed by atoms with Gasteiger partial charge in [-0.15, -0.1) is 10.2 Å². The molecule has 0 atom stereocenters. The average Bonchev–Trinajstić information content (AvgIpc) is 3.14. The Morgan fingerprint density at radius 3 is 2.85 bits per heavy atom. The van der Waals surface area contributed by atoms with Crippen LogP contribution >= 0.6 is 11.6 Å². The van der Waals surface area contributed by atoms with Gasteiger partial charge in [-0.2, -0.15) is 0 Å². The van der Waals surface area contributed by atoms with Crippen LogP contribution in [-0.4, -0.2) is 23.2 Å². The number of nitrogens with zero attached hydrogens (tertiary/aromatic N) is 2. The maximum Gasteiger partial charge on any atom is 0.247 e. The predicted molar refractivity (Wildman–Crippen MR) is 97.9 cm³/mol. The lowest BCUT2D eigenvalue weighted by Crippen LogP contribution is -2.23. The van der Waals surface area contributed by atoms with E-state index in [1.165, 1.54) is 0 Å². The lowest BCUT2D eigenvalue weighted by Gasteiger charge is -2.03. The van der Waals surface area contributed by atoms with Gasteiger partial charge in [-0.1, -0.05) is 29.8 Å². The van der Waals surface area contributed by atoms with Crippen LogP contribution in [0.3, 0.4) is 0 Å². The number of benzene rings is 2. The van der Waals surface area contributed by atoms with Gasteiger partial charge in [0.15, 0.2) is 0 Å². The normalized spacial score (nSPS) is 10.5. The first-order chi connectivity index (χ1) is 12.6. The summed E-state index contributed by atoms with van der Waals surface area (Å²) in [5, 5.41) is 11.4. The maximum absolute atomic E-state index is 12.0. The molecule has 0 saturated carbocycles. The summed E-state index contributed by atoms with van der Waals surface area (Å²) in [6, 6.07) is 14.8. The summed E-state index contributed by atoms with van der Waals surface area (Å²) in [5.41, 5.74) is 1.78. The number of aromatic nitrogens is 2. The molecular weight excluding hydrogens is 354 g/mol. The van der Waals surface area contributed by atoms with Crippen molar-refractivity contribution in [1.82, 2.24) is 15.5 Å². The van der Waals surface area contributed by atoms with E-state index in [1.54, 1.807) is 19.2 Å². The van der Waals surface area contributed by atoms with Gasteiger partial charge in [-0.25, -0.2) is 0 Å². The van der Waals surface area contributed by atoms with Crippen molar-refractivity contribution >= 4 is 17.5 Å². The van der Waals surface area contributed by atoms with Crippen LogP contribution in [0.25, 0.3) is 11.5 Å². The van der Waals surface area contributed by atoms with Crippen LogP contribution in [-0.2, 0) is 17.8 Å². The van der Waals surface area contributed by atoms with Gasteiger partial charge in [0.2, 0.25) is 17.7 Å². The third-order valence-electron chi connectivity index (χ3n) is 3.75. The lowest BCUT2D eigenvalue weighted by molar-refractivity contribution is -0.121. The first-order valence-electron chi connectivity index (χ1n) is 8.12. The van der Waals surface area contributed by atoms with Crippen molar-refractivity contribution in [2.45, 2.75) is 19.4 Å². The Morgan fingerprint density at radius 2 is 2.04 bits per heavy atom. The molecule has 0 saturated heterocycles. The zero-order valence-corrected chi connectivity index (χ0v) is 15.0. The molecule has 0 unspecified atom stereocenters. The van der Waals surface area contributed by atoms with Crippen molar-refractivity contribution in [2.24, 2.45) is 0 Å². The molecule has 3 rings (SSSR count). The Labute approximate surface area is 156 Å². The fourth-order valence-corrected chi connectivity index (χ4v) is 2.62. The zero-order chi connectivity index (χ0) is 18.4. The van der Waals surface area contributed by atoms with Gasteiger partial charge in [-0.05, 0) is 42.3 Å². The number of nitrogens with one attached hydrogen (secondary N) is 1. The average molecular weight is 372 g/mol. The summed E-state index contributed by atoms with van der Waals surface area (Å²) in [6.45, 7) is 0.186. The standard InChI is InChI=1S/C19H18ClN3O3/c1-25-16-7-3-5-14(11-16)19-23-22-18(26-19)12-21-17(24)9-8-13-4-2-6-15(20)10-13/h2-7,10-11H,8-9,12H2,1H3,(H,21,24). The van der Waals surface area contributed by atoms with Gasteiger partial charge in [0, 0.05) is 17.0 Å². The van der Waals surface area contributed by atoms with Crippen LogP contribution in [0.5, 0.6) is 5.75 Å². The minimum atomic E-state index is -0.0916.